The summed E-state index contributed by atoms with van der Waals surface area (Å²) < 4.78 is 18.7. The van der Waals surface area contributed by atoms with Crippen LogP contribution in [0.25, 0.3) is 0 Å². The van der Waals surface area contributed by atoms with Crippen LogP contribution in [0.2, 0.25) is 0 Å². The normalized spacial score (nSPS) is 12.2. The van der Waals surface area contributed by atoms with Crippen molar-refractivity contribution in [3.05, 3.63) is 65.0 Å². The van der Waals surface area contributed by atoms with Crippen LogP contribution in [0, 0.1) is 12.7 Å². The van der Waals surface area contributed by atoms with Gasteiger partial charge < -0.3 is 10.5 Å². The Morgan fingerprint density at radius 1 is 1.21 bits per heavy atom. The van der Waals surface area contributed by atoms with E-state index in [1.165, 1.54) is 6.07 Å². The topological polar surface area (TPSA) is 35.2 Å². The van der Waals surface area contributed by atoms with E-state index in [1.807, 2.05) is 30.3 Å². The molecule has 0 saturated heterocycles. The molecular weight excluding hydrogens is 241 g/mol. The van der Waals surface area contributed by atoms with Crippen LogP contribution in [-0.4, -0.2) is 7.11 Å². The molecule has 2 N–H and O–H groups in total. The van der Waals surface area contributed by atoms with Gasteiger partial charge in [-0.25, -0.2) is 4.39 Å². The van der Waals surface area contributed by atoms with Crippen molar-refractivity contribution >= 4 is 0 Å². The Bertz CT molecular complexity index is 568. The van der Waals surface area contributed by atoms with Crippen molar-refractivity contribution < 1.29 is 9.13 Å². The van der Waals surface area contributed by atoms with Crippen LogP contribution < -0.4 is 10.5 Å². The zero-order valence-corrected chi connectivity index (χ0v) is 11.2. The SMILES string of the molecule is COc1cccc(CC(N)c2ccc(C)c(F)c2)c1. The van der Waals surface area contributed by atoms with Crippen molar-refractivity contribution in [2.45, 2.75) is 19.4 Å². The first kappa shape index (κ1) is 13.6. The van der Waals surface area contributed by atoms with Gasteiger partial charge in [-0.1, -0.05) is 24.3 Å². The smallest absolute Gasteiger partial charge is 0.126 e. The van der Waals surface area contributed by atoms with Crippen molar-refractivity contribution in [3.63, 3.8) is 0 Å². The highest BCUT2D eigenvalue weighted by molar-refractivity contribution is 5.31. The first-order valence-electron chi connectivity index (χ1n) is 6.24. The summed E-state index contributed by atoms with van der Waals surface area (Å²) in [5.41, 5.74) is 8.65. The maximum absolute atomic E-state index is 13.5. The standard InChI is InChI=1S/C16H18FNO/c1-11-6-7-13(10-15(11)17)16(18)9-12-4-3-5-14(8-12)19-2/h3-8,10,16H,9,18H2,1-2H3. The van der Waals surface area contributed by atoms with Crippen LogP contribution in [0.1, 0.15) is 22.7 Å². The highest BCUT2D eigenvalue weighted by Gasteiger charge is 2.09. The van der Waals surface area contributed by atoms with Gasteiger partial charge in [-0.05, 0) is 48.2 Å². The molecule has 2 aromatic rings. The fourth-order valence-electron chi connectivity index (χ4n) is 2.01. The van der Waals surface area contributed by atoms with Crippen LogP contribution in [0.5, 0.6) is 5.75 Å². The van der Waals surface area contributed by atoms with Gasteiger partial charge in [0, 0.05) is 6.04 Å². The number of methoxy groups -OCH3 is 1. The minimum Gasteiger partial charge on any atom is -0.497 e. The lowest BCUT2D eigenvalue weighted by Crippen LogP contribution is -2.13. The summed E-state index contributed by atoms with van der Waals surface area (Å²) >= 11 is 0. The number of hydrogen-bond acceptors (Lipinski definition) is 2. The molecule has 1 atom stereocenters. The van der Waals surface area contributed by atoms with Gasteiger partial charge in [-0.15, -0.1) is 0 Å². The second-order valence-electron chi connectivity index (χ2n) is 4.67. The monoisotopic (exact) mass is 259 g/mol. The first-order valence-corrected chi connectivity index (χ1v) is 6.24. The maximum atomic E-state index is 13.5. The van der Waals surface area contributed by atoms with E-state index in [2.05, 4.69) is 0 Å². The van der Waals surface area contributed by atoms with Crippen LogP contribution >= 0.6 is 0 Å². The van der Waals surface area contributed by atoms with E-state index in [1.54, 1.807) is 20.1 Å². The summed E-state index contributed by atoms with van der Waals surface area (Å²) in [4.78, 5) is 0. The lowest BCUT2D eigenvalue weighted by molar-refractivity contribution is 0.414. The molecule has 0 bridgehead atoms. The number of nitrogens with two attached hydrogens (primary N) is 1. The van der Waals surface area contributed by atoms with E-state index in [-0.39, 0.29) is 11.9 Å². The Morgan fingerprint density at radius 2 is 2.00 bits per heavy atom. The summed E-state index contributed by atoms with van der Waals surface area (Å²) in [6.07, 6.45) is 0.652. The molecule has 0 saturated carbocycles. The van der Waals surface area contributed by atoms with Crippen LogP contribution in [0.3, 0.4) is 0 Å². The number of aryl methyl sites for hydroxylation is 1. The van der Waals surface area contributed by atoms with E-state index in [0.717, 1.165) is 16.9 Å². The number of hydrogen-bond donors (Lipinski definition) is 1. The van der Waals surface area contributed by atoms with Crippen LogP contribution in [0.4, 0.5) is 4.39 Å². The molecule has 0 aromatic heterocycles. The molecular formula is C16H18FNO. The van der Waals surface area contributed by atoms with Gasteiger partial charge in [0.25, 0.3) is 0 Å². The van der Waals surface area contributed by atoms with Gasteiger partial charge in [0.2, 0.25) is 0 Å². The van der Waals surface area contributed by atoms with Gasteiger partial charge in [0.05, 0.1) is 7.11 Å². The molecule has 2 aromatic carbocycles. The minimum absolute atomic E-state index is 0.210. The molecule has 0 heterocycles. The molecule has 1 unspecified atom stereocenters. The third kappa shape index (κ3) is 3.32. The van der Waals surface area contributed by atoms with Gasteiger partial charge >= 0.3 is 0 Å². The van der Waals surface area contributed by atoms with Crippen molar-refractivity contribution in [1.29, 1.82) is 0 Å². The largest absolute Gasteiger partial charge is 0.497 e. The fourth-order valence-corrected chi connectivity index (χ4v) is 2.01. The third-order valence-corrected chi connectivity index (χ3v) is 3.21. The van der Waals surface area contributed by atoms with E-state index in [4.69, 9.17) is 10.5 Å². The molecule has 2 rings (SSSR count). The summed E-state index contributed by atoms with van der Waals surface area (Å²) in [5, 5.41) is 0. The fraction of sp³-hybridized carbons (Fsp3) is 0.250. The molecule has 3 heteroatoms. The predicted molar refractivity (Wildman–Crippen MR) is 74.8 cm³/mol. The molecule has 0 radical (unpaired) electrons. The molecule has 0 fully saturated rings. The molecule has 100 valence electrons. The van der Waals surface area contributed by atoms with Crippen molar-refractivity contribution in [2.24, 2.45) is 5.73 Å². The number of ether oxygens (including phenoxy) is 1. The Hall–Kier alpha value is -1.87. The van der Waals surface area contributed by atoms with E-state index in [0.29, 0.717) is 12.0 Å². The lowest BCUT2D eigenvalue weighted by atomic mass is 9.98. The number of halogens is 1. The Kier molecular flexibility index (Phi) is 4.17. The Labute approximate surface area is 113 Å². The zero-order chi connectivity index (χ0) is 13.8. The molecule has 0 amide bonds. The highest BCUT2D eigenvalue weighted by Crippen LogP contribution is 2.21. The molecule has 0 spiro atoms. The summed E-state index contributed by atoms with van der Waals surface area (Å²) in [5.74, 6) is 0.596. The van der Waals surface area contributed by atoms with Crippen molar-refractivity contribution in [1.82, 2.24) is 0 Å². The lowest BCUT2D eigenvalue weighted by Gasteiger charge is -2.13. The van der Waals surface area contributed by atoms with Gasteiger partial charge in [0.1, 0.15) is 11.6 Å². The van der Waals surface area contributed by atoms with Gasteiger partial charge in [0.15, 0.2) is 0 Å². The summed E-state index contributed by atoms with van der Waals surface area (Å²) in [6, 6.07) is 12.7. The highest BCUT2D eigenvalue weighted by atomic mass is 19.1. The Balaban J connectivity index is 2.15. The average molecular weight is 259 g/mol. The van der Waals surface area contributed by atoms with E-state index in [9.17, 15) is 4.39 Å². The second-order valence-corrected chi connectivity index (χ2v) is 4.67. The Morgan fingerprint density at radius 3 is 2.68 bits per heavy atom. The molecule has 0 aliphatic carbocycles. The second kappa shape index (κ2) is 5.85. The van der Waals surface area contributed by atoms with Crippen molar-refractivity contribution in [2.75, 3.05) is 7.11 Å². The summed E-state index contributed by atoms with van der Waals surface area (Å²) in [6.45, 7) is 1.74. The van der Waals surface area contributed by atoms with E-state index >= 15 is 0 Å². The van der Waals surface area contributed by atoms with Gasteiger partial charge in [-0.3, -0.25) is 0 Å². The minimum atomic E-state index is -0.220. The zero-order valence-electron chi connectivity index (χ0n) is 11.2. The molecule has 0 aliphatic rings. The number of benzene rings is 2. The first-order chi connectivity index (χ1) is 9.10. The molecule has 0 aliphatic heterocycles. The third-order valence-electron chi connectivity index (χ3n) is 3.21. The van der Waals surface area contributed by atoms with Crippen LogP contribution in [-0.2, 0) is 6.42 Å². The quantitative estimate of drug-likeness (QED) is 0.913. The maximum Gasteiger partial charge on any atom is 0.126 e. The van der Waals surface area contributed by atoms with Crippen molar-refractivity contribution in [3.8, 4) is 5.75 Å². The number of rotatable bonds is 4. The molecule has 19 heavy (non-hydrogen) atoms. The average Bonchev–Trinajstić information content (AvgIpc) is 2.42. The predicted octanol–water partition coefficient (Wildman–Crippen LogP) is 3.39. The van der Waals surface area contributed by atoms with E-state index < -0.39 is 0 Å². The van der Waals surface area contributed by atoms with Gasteiger partial charge in [-0.2, -0.15) is 0 Å². The van der Waals surface area contributed by atoms with Crippen LogP contribution in [0.15, 0.2) is 42.5 Å². The molecule has 2 nitrogen and oxygen atoms in total. The summed E-state index contributed by atoms with van der Waals surface area (Å²) in [7, 11) is 1.63.